The molecule has 4 heteroatoms. The molecule has 106 valence electrons. The first-order valence-electron chi connectivity index (χ1n) is 7.02. The lowest BCUT2D eigenvalue weighted by Crippen LogP contribution is -2.30. The van der Waals surface area contributed by atoms with Crippen LogP contribution in [0.15, 0.2) is 24.3 Å². The summed E-state index contributed by atoms with van der Waals surface area (Å²) in [7, 11) is 1.98. The third-order valence-electron chi connectivity index (χ3n) is 3.67. The van der Waals surface area contributed by atoms with Gasteiger partial charge in [0.25, 0.3) is 0 Å². The number of halogens is 1. The highest BCUT2D eigenvalue weighted by Crippen LogP contribution is 2.18. The van der Waals surface area contributed by atoms with Crippen LogP contribution >= 0.6 is 11.8 Å². The molecule has 0 spiro atoms. The standard InChI is InChI=1S/C15H23FN2S/c1-17-15(13-3-5-14(16)6-4-13)7-9-18-8-2-11-19-12-10-18/h3-6,15,17H,2,7-12H2,1H3. The number of rotatable bonds is 5. The van der Waals surface area contributed by atoms with E-state index in [9.17, 15) is 4.39 Å². The van der Waals surface area contributed by atoms with Crippen molar-refractivity contribution < 1.29 is 4.39 Å². The highest BCUT2D eigenvalue weighted by Gasteiger charge is 2.13. The van der Waals surface area contributed by atoms with Crippen molar-refractivity contribution in [3.05, 3.63) is 35.6 Å². The maximum atomic E-state index is 12.9. The molecule has 1 fully saturated rings. The molecule has 1 aromatic rings. The Morgan fingerprint density at radius 3 is 2.79 bits per heavy atom. The van der Waals surface area contributed by atoms with E-state index in [-0.39, 0.29) is 5.82 Å². The van der Waals surface area contributed by atoms with Crippen molar-refractivity contribution in [3.63, 3.8) is 0 Å². The second kappa shape index (κ2) is 7.88. The predicted molar refractivity (Wildman–Crippen MR) is 81.2 cm³/mol. The topological polar surface area (TPSA) is 15.3 Å². The molecule has 1 atom stereocenters. The molecule has 0 amide bonds. The molecule has 0 aliphatic carbocycles. The number of hydrogen-bond acceptors (Lipinski definition) is 3. The van der Waals surface area contributed by atoms with Gasteiger partial charge in [-0.2, -0.15) is 11.8 Å². The number of hydrogen-bond donors (Lipinski definition) is 1. The smallest absolute Gasteiger partial charge is 0.123 e. The molecule has 1 aliphatic rings. The Balaban J connectivity index is 1.86. The molecular weight excluding hydrogens is 259 g/mol. The van der Waals surface area contributed by atoms with E-state index in [2.05, 4.69) is 22.0 Å². The van der Waals surface area contributed by atoms with Gasteiger partial charge in [-0.05, 0) is 56.4 Å². The zero-order valence-corrected chi connectivity index (χ0v) is 12.4. The van der Waals surface area contributed by atoms with Crippen molar-refractivity contribution in [1.82, 2.24) is 10.2 Å². The van der Waals surface area contributed by atoms with Crippen molar-refractivity contribution in [3.8, 4) is 0 Å². The van der Waals surface area contributed by atoms with E-state index in [0.717, 1.165) is 13.0 Å². The van der Waals surface area contributed by atoms with Gasteiger partial charge in [-0.3, -0.25) is 0 Å². The number of nitrogens with one attached hydrogen (secondary N) is 1. The molecule has 0 bridgehead atoms. The Morgan fingerprint density at radius 1 is 1.26 bits per heavy atom. The summed E-state index contributed by atoms with van der Waals surface area (Å²) in [4.78, 5) is 2.55. The lowest BCUT2D eigenvalue weighted by molar-refractivity contribution is 0.277. The zero-order valence-electron chi connectivity index (χ0n) is 11.6. The molecule has 1 heterocycles. The first-order chi connectivity index (χ1) is 9.29. The third kappa shape index (κ3) is 4.79. The average molecular weight is 282 g/mol. The van der Waals surface area contributed by atoms with Crippen molar-refractivity contribution in [1.29, 1.82) is 0 Å². The summed E-state index contributed by atoms with van der Waals surface area (Å²) in [5, 5.41) is 3.34. The predicted octanol–water partition coefficient (Wildman–Crippen LogP) is 2.92. The summed E-state index contributed by atoms with van der Waals surface area (Å²) < 4.78 is 12.9. The Labute approximate surface area is 119 Å². The molecule has 1 saturated heterocycles. The van der Waals surface area contributed by atoms with E-state index >= 15 is 0 Å². The third-order valence-corrected chi connectivity index (χ3v) is 4.72. The highest BCUT2D eigenvalue weighted by molar-refractivity contribution is 7.99. The van der Waals surface area contributed by atoms with E-state index in [1.165, 1.54) is 36.6 Å². The molecule has 19 heavy (non-hydrogen) atoms. The largest absolute Gasteiger partial charge is 0.313 e. The summed E-state index contributed by atoms with van der Waals surface area (Å²) in [6, 6.07) is 7.17. The van der Waals surface area contributed by atoms with Gasteiger partial charge in [-0.1, -0.05) is 12.1 Å². The first kappa shape index (κ1) is 14.8. The molecule has 2 nitrogen and oxygen atoms in total. The fourth-order valence-electron chi connectivity index (χ4n) is 2.51. The lowest BCUT2D eigenvalue weighted by Gasteiger charge is -2.23. The SMILES string of the molecule is CNC(CCN1CCCSCC1)c1ccc(F)cc1. The minimum absolute atomic E-state index is 0.164. The molecule has 0 saturated carbocycles. The van der Waals surface area contributed by atoms with Crippen molar-refractivity contribution >= 4 is 11.8 Å². The highest BCUT2D eigenvalue weighted by atomic mass is 32.2. The summed E-state index contributed by atoms with van der Waals surface area (Å²) in [5.41, 5.74) is 1.17. The summed E-state index contributed by atoms with van der Waals surface area (Å²) in [6.45, 7) is 3.53. The van der Waals surface area contributed by atoms with Crippen LogP contribution in [0.3, 0.4) is 0 Å². The Kier molecular flexibility index (Phi) is 6.14. The Morgan fingerprint density at radius 2 is 2.05 bits per heavy atom. The van der Waals surface area contributed by atoms with Gasteiger partial charge in [0.15, 0.2) is 0 Å². The van der Waals surface area contributed by atoms with Crippen LogP contribution in [0.25, 0.3) is 0 Å². The average Bonchev–Trinajstić information content (AvgIpc) is 2.70. The molecule has 1 aromatic carbocycles. The molecule has 0 aromatic heterocycles. The van der Waals surface area contributed by atoms with Gasteiger partial charge in [0.1, 0.15) is 5.82 Å². The van der Waals surface area contributed by atoms with Crippen molar-refractivity contribution in [2.24, 2.45) is 0 Å². The van der Waals surface area contributed by atoms with Crippen LogP contribution in [-0.4, -0.2) is 43.1 Å². The molecule has 1 unspecified atom stereocenters. The lowest BCUT2D eigenvalue weighted by atomic mass is 10.0. The van der Waals surface area contributed by atoms with Gasteiger partial charge in [0, 0.05) is 18.3 Å². The van der Waals surface area contributed by atoms with Crippen LogP contribution in [0.1, 0.15) is 24.4 Å². The van der Waals surface area contributed by atoms with E-state index in [1.807, 2.05) is 19.2 Å². The number of nitrogens with zero attached hydrogens (tertiary/aromatic N) is 1. The van der Waals surface area contributed by atoms with Crippen molar-refractivity contribution in [2.45, 2.75) is 18.9 Å². The maximum absolute atomic E-state index is 12.9. The van der Waals surface area contributed by atoms with Crippen LogP contribution in [0.5, 0.6) is 0 Å². The van der Waals surface area contributed by atoms with Gasteiger partial charge >= 0.3 is 0 Å². The first-order valence-corrected chi connectivity index (χ1v) is 8.18. The Bertz CT molecular complexity index is 361. The van der Waals surface area contributed by atoms with Gasteiger partial charge in [0.05, 0.1) is 0 Å². The van der Waals surface area contributed by atoms with E-state index < -0.39 is 0 Å². The van der Waals surface area contributed by atoms with Gasteiger partial charge in [0.2, 0.25) is 0 Å². The van der Waals surface area contributed by atoms with E-state index in [0.29, 0.717) is 6.04 Å². The number of benzene rings is 1. The maximum Gasteiger partial charge on any atom is 0.123 e. The molecular formula is C15H23FN2S. The summed E-state index contributed by atoms with van der Waals surface area (Å²) in [5.74, 6) is 2.38. The van der Waals surface area contributed by atoms with Crippen molar-refractivity contribution in [2.75, 3.05) is 38.2 Å². The van der Waals surface area contributed by atoms with Gasteiger partial charge in [-0.15, -0.1) is 0 Å². The van der Waals surface area contributed by atoms with E-state index in [1.54, 1.807) is 12.1 Å². The minimum Gasteiger partial charge on any atom is -0.313 e. The molecule has 0 radical (unpaired) electrons. The minimum atomic E-state index is -0.164. The van der Waals surface area contributed by atoms with Crippen LogP contribution in [-0.2, 0) is 0 Å². The second-order valence-electron chi connectivity index (χ2n) is 4.99. The monoisotopic (exact) mass is 282 g/mol. The van der Waals surface area contributed by atoms with Gasteiger partial charge < -0.3 is 10.2 Å². The molecule has 1 N–H and O–H groups in total. The quantitative estimate of drug-likeness (QED) is 0.894. The molecule has 2 rings (SSSR count). The Hall–Kier alpha value is -0.580. The van der Waals surface area contributed by atoms with Crippen LogP contribution in [0, 0.1) is 5.82 Å². The second-order valence-corrected chi connectivity index (χ2v) is 6.21. The summed E-state index contributed by atoms with van der Waals surface area (Å²) in [6.07, 6.45) is 2.37. The fourth-order valence-corrected chi connectivity index (χ4v) is 3.43. The summed E-state index contributed by atoms with van der Waals surface area (Å²) >= 11 is 2.06. The van der Waals surface area contributed by atoms with Gasteiger partial charge in [-0.25, -0.2) is 4.39 Å². The van der Waals surface area contributed by atoms with Crippen LogP contribution < -0.4 is 5.32 Å². The number of thioether (sulfide) groups is 1. The van der Waals surface area contributed by atoms with E-state index in [4.69, 9.17) is 0 Å². The zero-order chi connectivity index (χ0) is 13.5. The van der Waals surface area contributed by atoms with Crippen LogP contribution in [0.2, 0.25) is 0 Å². The fraction of sp³-hybridized carbons (Fsp3) is 0.600. The molecule has 1 aliphatic heterocycles. The normalized spacial score (nSPS) is 19.1. The van der Waals surface area contributed by atoms with Crippen LogP contribution in [0.4, 0.5) is 4.39 Å².